The molecule has 1 aliphatic rings. The molecule has 104 valence electrons. The largest absolute Gasteiger partial charge is 0.462 e. The highest BCUT2D eigenvalue weighted by atomic mass is 16.7. The van der Waals surface area contributed by atoms with E-state index in [2.05, 4.69) is 0 Å². The first kappa shape index (κ1) is 14.0. The number of esters is 1. The van der Waals surface area contributed by atoms with E-state index >= 15 is 0 Å². The summed E-state index contributed by atoms with van der Waals surface area (Å²) in [6.45, 7) is 3.73. The van der Waals surface area contributed by atoms with Gasteiger partial charge in [-0.2, -0.15) is 0 Å². The summed E-state index contributed by atoms with van der Waals surface area (Å²) in [5.74, 6) is -0.326. The summed E-state index contributed by atoms with van der Waals surface area (Å²) < 4.78 is 20.7. The van der Waals surface area contributed by atoms with Crippen molar-refractivity contribution >= 4 is 5.97 Å². The van der Waals surface area contributed by atoms with Crippen LogP contribution in [-0.4, -0.2) is 26.5 Å². The maximum Gasteiger partial charge on any atom is 0.338 e. The fourth-order valence-corrected chi connectivity index (χ4v) is 2.11. The number of benzene rings is 1. The Labute approximate surface area is 112 Å². The predicted molar refractivity (Wildman–Crippen MR) is 67.6 cm³/mol. The van der Waals surface area contributed by atoms with Gasteiger partial charge in [0.25, 0.3) is 0 Å². The van der Waals surface area contributed by atoms with Gasteiger partial charge in [-0.3, -0.25) is 0 Å². The van der Waals surface area contributed by atoms with Crippen molar-refractivity contribution in [1.29, 1.82) is 0 Å². The topological polar surface area (TPSA) is 54.0 Å². The minimum Gasteiger partial charge on any atom is -0.462 e. The summed E-state index contributed by atoms with van der Waals surface area (Å²) in [6.07, 6.45) is 0. The molecule has 0 fully saturated rings. The van der Waals surface area contributed by atoms with Gasteiger partial charge in [-0.15, -0.1) is 0 Å². The van der Waals surface area contributed by atoms with E-state index in [9.17, 15) is 4.79 Å². The molecule has 0 bridgehead atoms. The molecular weight excluding hydrogens is 248 g/mol. The first-order valence-corrected chi connectivity index (χ1v) is 6.23. The van der Waals surface area contributed by atoms with Gasteiger partial charge in [0, 0.05) is 7.11 Å². The Morgan fingerprint density at radius 1 is 1.37 bits per heavy atom. The van der Waals surface area contributed by atoms with Gasteiger partial charge in [0.1, 0.15) is 6.79 Å². The zero-order valence-electron chi connectivity index (χ0n) is 11.2. The summed E-state index contributed by atoms with van der Waals surface area (Å²) in [5, 5.41) is 0. The molecule has 2 rings (SSSR count). The summed E-state index contributed by atoms with van der Waals surface area (Å²) in [4.78, 5) is 11.9. The van der Waals surface area contributed by atoms with Crippen LogP contribution in [0.1, 0.15) is 34.0 Å². The Morgan fingerprint density at radius 3 is 2.95 bits per heavy atom. The van der Waals surface area contributed by atoms with Crippen LogP contribution in [0.15, 0.2) is 12.1 Å². The fourth-order valence-electron chi connectivity index (χ4n) is 2.11. The molecule has 19 heavy (non-hydrogen) atoms. The van der Waals surface area contributed by atoms with Crippen molar-refractivity contribution in [3.05, 3.63) is 34.4 Å². The van der Waals surface area contributed by atoms with Gasteiger partial charge in [0.05, 0.1) is 32.0 Å². The highest BCUT2D eigenvalue weighted by Crippen LogP contribution is 2.27. The second-order valence-corrected chi connectivity index (χ2v) is 4.20. The Kier molecular flexibility index (Phi) is 4.90. The standard InChI is InChI=1S/C14H18O5/c1-3-19-14(15)11-5-4-10-6-17-7-12(10)13(11)8-18-9-16-2/h4-5H,3,6-9H2,1-2H3. The van der Waals surface area contributed by atoms with Gasteiger partial charge in [-0.1, -0.05) is 6.07 Å². The molecule has 0 N–H and O–H groups in total. The Bertz CT molecular complexity index is 455. The molecule has 0 aliphatic carbocycles. The van der Waals surface area contributed by atoms with Crippen LogP contribution in [-0.2, 0) is 38.8 Å². The lowest BCUT2D eigenvalue weighted by molar-refractivity contribution is -0.0397. The minimum absolute atomic E-state index is 0.187. The Hall–Kier alpha value is -1.43. The molecule has 0 saturated carbocycles. The zero-order chi connectivity index (χ0) is 13.7. The highest BCUT2D eigenvalue weighted by Gasteiger charge is 2.22. The van der Waals surface area contributed by atoms with E-state index in [0.29, 0.717) is 32.0 Å². The minimum atomic E-state index is -0.326. The van der Waals surface area contributed by atoms with Crippen LogP contribution in [0.5, 0.6) is 0 Å². The van der Waals surface area contributed by atoms with Crippen molar-refractivity contribution in [2.75, 3.05) is 20.5 Å². The predicted octanol–water partition coefficient (Wildman–Crippen LogP) is 2.01. The number of carbonyl (C=O) groups is 1. The van der Waals surface area contributed by atoms with E-state index in [1.54, 1.807) is 20.1 Å². The van der Waals surface area contributed by atoms with Crippen molar-refractivity contribution in [3.8, 4) is 0 Å². The lowest BCUT2D eigenvalue weighted by Gasteiger charge is -2.13. The van der Waals surface area contributed by atoms with Crippen molar-refractivity contribution in [3.63, 3.8) is 0 Å². The maximum absolute atomic E-state index is 11.9. The van der Waals surface area contributed by atoms with E-state index in [-0.39, 0.29) is 12.8 Å². The van der Waals surface area contributed by atoms with Crippen LogP contribution < -0.4 is 0 Å². The average Bonchev–Trinajstić information content (AvgIpc) is 2.88. The second kappa shape index (κ2) is 6.65. The molecule has 0 amide bonds. The van der Waals surface area contributed by atoms with Crippen LogP contribution in [0.2, 0.25) is 0 Å². The third-order valence-electron chi connectivity index (χ3n) is 2.98. The molecule has 5 nitrogen and oxygen atoms in total. The lowest BCUT2D eigenvalue weighted by atomic mass is 9.98. The van der Waals surface area contributed by atoms with E-state index < -0.39 is 0 Å². The monoisotopic (exact) mass is 266 g/mol. The van der Waals surface area contributed by atoms with Gasteiger partial charge < -0.3 is 18.9 Å². The highest BCUT2D eigenvalue weighted by molar-refractivity contribution is 5.91. The smallest absolute Gasteiger partial charge is 0.338 e. The van der Waals surface area contributed by atoms with Crippen LogP contribution in [0.25, 0.3) is 0 Å². The van der Waals surface area contributed by atoms with Gasteiger partial charge >= 0.3 is 5.97 Å². The molecule has 1 aromatic carbocycles. The van der Waals surface area contributed by atoms with Crippen LogP contribution in [0, 0.1) is 0 Å². The second-order valence-electron chi connectivity index (χ2n) is 4.20. The van der Waals surface area contributed by atoms with E-state index in [1.165, 1.54) is 0 Å². The van der Waals surface area contributed by atoms with Crippen molar-refractivity contribution in [2.45, 2.75) is 26.7 Å². The summed E-state index contributed by atoms with van der Waals surface area (Å²) in [6, 6.07) is 3.69. The molecule has 0 aromatic heterocycles. The fraction of sp³-hybridized carbons (Fsp3) is 0.500. The SMILES string of the molecule is CCOC(=O)c1ccc2c(c1COCOC)COC2. The first-order chi connectivity index (χ1) is 9.27. The summed E-state index contributed by atoms with van der Waals surface area (Å²) in [5.41, 5.74) is 3.51. The number of hydrogen-bond donors (Lipinski definition) is 0. The number of hydrogen-bond acceptors (Lipinski definition) is 5. The lowest BCUT2D eigenvalue weighted by Crippen LogP contribution is -2.12. The Balaban J connectivity index is 2.28. The van der Waals surface area contributed by atoms with E-state index in [1.807, 2.05) is 6.07 Å². The van der Waals surface area contributed by atoms with Crippen LogP contribution in [0.3, 0.4) is 0 Å². The van der Waals surface area contributed by atoms with Gasteiger partial charge in [0.15, 0.2) is 0 Å². The number of methoxy groups -OCH3 is 1. The molecule has 0 unspecified atom stereocenters. The van der Waals surface area contributed by atoms with Crippen LogP contribution in [0.4, 0.5) is 0 Å². The molecule has 0 spiro atoms. The van der Waals surface area contributed by atoms with Crippen molar-refractivity contribution < 1.29 is 23.7 Å². The molecule has 0 atom stereocenters. The van der Waals surface area contributed by atoms with Crippen LogP contribution >= 0.6 is 0 Å². The molecule has 1 heterocycles. The van der Waals surface area contributed by atoms with Gasteiger partial charge in [-0.05, 0) is 29.7 Å². The molecule has 1 aromatic rings. The quantitative estimate of drug-likeness (QED) is 0.448. The summed E-state index contributed by atoms with van der Waals surface area (Å²) in [7, 11) is 1.56. The molecule has 1 aliphatic heterocycles. The zero-order valence-corrected chi connectivity index (χ0v) is 11.2. The van der Waals surface area contributed by atoms with Gasteiger partial charge in [0.2, 0.25) is 0 Å². The molecule has 0 radical (unpaired) electrons. The maximum atomic E-state index is 11.9. The van der Waals surface area contributed by atoms with Crippen molar-refractivity contribution in [1.82, 2.24) is 0 Å². The molecule has 0 saturated heterocycles. The number of fused-ring (bicyclic) bond motifs is 1. The Morgan fingerprint density at radius 2 is 2.21 bits per heavy atom. The normalized spacial score (nSPS) is 13.4. The molecule has 5 heteroatoms. The van der Waals surface area contributed by atoms with Crippen molar-refractivity contribution in [2.24, 2.45) is 0 Å². The first-order valence-electron chi connectivity index (χ1n) is 6.23. The average molecular weight is 266 g/mol. The van der Waals surface area contributed by atoms with E-state index in [4.69, 9.17) is 18.9 Å². The van der Waals surface area contributed by atoms with Gasteiger partial charge in [-0.25, -0.2) is 4.79 Å². The number of carbonyl (C=O) groups excluding carboxylic acids is 1. The number of rotatable bonds is 6. The third kappa shape index (κ3) is 3.12. The third-order valence-corrected chi connectivity index (χ3v) is 2.98. The number of ether oxygens (including phenoxy) is 4. The molecular formula is C14H18O5. The van der Waals surface area contributed by atoms with E-state index in [0.717, 1.165) is 16.7 Å². The summed E-state index contributed by atoms with van der Waals surface area (Å²) >= 11 is 0.